The Kier molecular flexibility index (Phi) is 7.03. The van der Waals surface area contributed by atoms with E-state index in [0.29, 0.717) is 22.5 Å². The second-order valence-corrected chi connectivity index (χ2v) is 8.02. The number of pyridine rings is 1. The van der Waals surface area contributed by atoms with Crippen LogP contribution in [0.1, 0.15) is 30.9 Å². The van der Waals surface area contributed by atoms with Gasteiger partial charge >= 0.3 is 5.97 Å². The lowest BCUT2D eigenvalue weighted by atomic mass is 9.87. The fraction of sp³-hybridized carbons (Fsp3) is 0.143. The Morgan fingerprint density at radius 3 is 2.63 bits per heavy atom. The fourth-order valence-electron chi connectivity index (χ4n) is 3.89. The highest BCUT2D eigenvalue weighted by Gasteiger charge is 2.28. The van der Waals surface area contributed by atoms with Crippen molar-refractivity contribution in [2.24, 2.45) is 0 Å². The number of rotatable bonds is 5. The number of non-ortho nitro benzene ring substituents is 1. The first-order chi connectivity index (χ1) is 16.9. The SMILES string of the molecule is CC1=CC(c2ccc(-c3cccc([N+](=O)[O-])c3)nc2)C(C(=O)OCC#Cc2ccccc2)=C(C)N1. The predicted octanol–water partition coefficient (Wildman–Crippen LogP) is 5.12. The van der Waals surface area contributed by atoms with E-state index in [2.05, 4.69) is 22.1 Å². The number of dihydropyridines is 1. The molecule has 0 aliphatic carbocycles. The van der Waals surface area contributed by atoms with Gasteiger partial charge in [0.15, 0.2) is 6.61 Å². The predicted molar refractivity (Wildman–Crippen MR) is 133 cm³/mol. The lowest BCUT2D eigenvalue weighted by Gasteiger charge is -2.25. The normalized spacial score (nSPS) is 14.8. The molecular weight excluding hydrogens is 442 g/mol. The zero-order valence-corrected chi connectivity index (χ0v) is 19.3. The molecule has 0 bridgehead atoms. The fourth-order valence-corrected chi connectivity index (χ4v) is 3.89. The molecule has 0 radical (unpaired) electrons. The first-order valence-electron chi connectivity index (χ1n) is 11.0. The van der Waals surface area contributed by atoms with E-state index >= 15 is 0 Å². The summed E-state index contributed by atoms with van der Waals surface area (Å²) in [6.45, 7) is 3.74. The van der Waals surface area contributed by atoms with Crippen molar-refractivity contribution in [2.75, 3.05) is 6.61 Å². The number of aromatic nitrogens is 1. The summed E-state index contributed by atoms with van der Waals surface area (Å²) in [7, 11) is 0. The van der Waals surface area contributed by atoms with Gasteiger partial charge in [-0.15, -0.1) is 0 Å². The Balaban J connectivity index is 1.53. The van der Waals surface area contributed by atoms with E-state index in [1.54, 1.807) is 24.4 Å². The number of hydrogen-bond donors (Lipinski definition) is 1. The van der Waals surface area contributed by atoms with Gasteiger partial charge in [-0.1, -0.05) is 54.3 Å². The Morgan fingerprint density at radius 1 is 1.11 bits per heavy atom. The smallest absolute Gasteiger partial charge is 0.337 e. The quantitative estimate of drug-likeness (QED) is 0.243. The zero-order chi connectivity index (χ0) is 24.8. The van der Waals surface area contributed by atoms with Crippen LogP contribution in [0.3, 0.4) is 0 Å². The molecule has 4 rings (SSSR count). The number of allylic oxidation sites excluding steroid dienone is 3. The Labute approximate surface area is 203 Å². The molecule has 2 aromatic carbocycles. The Hall–Kier alpha value is -4.70. The van der Waals surface area contributed by atoms with Crippen LogP contribution in [0.5, 0.6) is 0 Å². The van der Waals surface area contributed by atoms with Crippen LogP contribution in [0, 0.1) is 22.0 Å². The lowest BCUT2D eigenvalue weighted by molar-refractivity contribution is -0.384. The average molecular weight is 466 g/mol. The van der Waals surface area contributed by atoms with Gasteiger partial charge in [0.2, 0.25) is 0 Å². The van der Waals surface area contributed by atoms with Crippen molar-refractivity contribution in [2.45, 2.75) is 19.8 Å². The number of nitrogens with zero attached hydrogens (tertiary/aromatic N) is 2. The average Bonchev–Trinajstić information content (AvgIpc) is 2.87. The number of benzene rings is 2. The molecule has 1 aromatic heterocycles. The maximum Gasteiger partial charge on any atom is 0.337 e. The number of nitrogens with one attached hydrogen (secondary N) is 1. The van der Waals surface area contributed by atoms with E-state index in [0.717, 1.165) is 16.8 Å². The molecule has 35 heavy (non-hydrogen) atoms. The monoisotopic (exact) mass is 465 g/mol. The van der Waals surface area contributed by atoms with Crippen molar-refractivity contribution in [1.82, 2.24) is 10.3 Å². The van der Waals surface area contributed by atoms with Gasteiger partial charge in [0.05, 0.1) is 16.2 Å². The van der Waals surface area contributed by atoms with Crippen molar-refractivity contribution < 1.29 is 14.5 Å². The molecule has 174 valence electrons. The molecule has 2 heterocycles. The molecule has 7 nitrogen and oxygen atoms in total. The summed E-state index contributed by atoms with van der Waals surface area (Å²) in [5.74, 6) is 5.05. The van der Waals surface area contributed by atoms with Gasteiger partial charge in [0, 0.05) is 46.8 Å². The third kappa shape index (κ3) is 5.63. The van der Waals surface area contributed by atoms with Crippen molar-refractivity contribution in [3.8, 4) is 23.1 Å². The van der Waals surface area contributed by atoms with E-state index in [1.165, 1.54) is 12.1 Å². The van der Waals surface area contributed by atoms with Crippen LogP contribution >= 0.6 is 0 Å². The van der Waals surface area contributed by atoms with Gasteiger partial charge in [-0.25, -0.2) is 4.79 Å². The van der Waals surface area contributed by atoms with E-state index in [-0.39, 0.29) is 18.2 Å². The largest absolute Gasteiger partial charge is 0.449 e. The molecule has 3 aromatic rings. The van der Waals surface area contributed by atoms with Crippen molar-refractivity contribution in [3.05, 3.63) is 117 Å². The van der Waals surface area contributed by atoms with Gasteiger partial charge in [-0.3, -0.25) is 15.1 Å². The number of carbonyl (C=O) groups excluding carboxylic acids is 1. The van der Waals surface area contributed by atoms with Crippen LogP contribution in [0.25, 0.3) is 11.3 Å². The highest BCUT2D eigenvalue weighted by atomic mass is 16.6. The lowest BCUT2D eigenvalue weighted by Crippen LogP contribution is -2.25. The first-order valence-corrected chi connectivity index (χ1v) is 11.0. The summed E-state index contributed by atoms with van der Waals surface area (Å²) in [5.41, 5.74) is 5.02. The van der Waals surface area contributed by atoms with Crippen LogP contribution in [-0.4, -0.2) is 22.5 Å². The Bertz CT molecular complexity index is 1380. The molecule has 0 spiro atoms. The van der Waals surface area contributed by atoms with Gasteiger partial charge in [0.25, 0.3) is 5.69 Å². The third-order valence-electron chi connectivity index (χ3n) is 5.52. The van der Waals surface area contributed by atoms with Crippen molar-refractivity contribution >= 4 is 11.7 Å². The summed E-state index contributed by atoms with van der Waals surface area (Å²) < 4.78 is 5.47. The third-order valence-corrected chi connectivity index (χ3v) is 5.52. The number of nitro groups is 1. The molecule has 0 fully saturated rings. The molecule has 0 saturated heterocycles. The standard InChI is InChI=1S/C28H23N3O4/c1-19-16-25(23-13-14-26(29-18-23)22-11-6-12-24(17-22)31(33)34)27(20(2)30-19)28(32)35-15-7-10-21-8-4-3-5-9-21/h3-6,8-9,11-14,16-18,25,30H,15H2,1-2H3. The number of nitro benzene ring substituents is 1. The second kappa shape index (κ2) is 10.5. The first kappa shape index (κ1) is 23.5. The minimum atomic E-state index is -0.450. The minimum Gasteiger partial charge on any atom is -0.449 e. The molecule has 0 saturated carbocycles. The molecule has 1 aliphatic heterocycles. The highest BCUT2D eigenvalue weighted by Crippen LogP contribution is 2.33. The molecular formula is C28H23N3O4. The summed E-state index contributed by atoms with van der Waals surface area (Å²) >= 11 is 0. The summed E-state index contributed by atoms with van der Waals surface area (Å²) in [5, 5.41) is 14.3. The van der Waals surface area contributed by atoms with Crippen LogP contribution in [-0.2, 0) is 9.53 Å². The van der Waals surface area contributed by atoms with Gasteiger partial charge < -0.3 is 10.1 Å². The van der Waals surface area contributed by atoms with Gasteiger partial charge in [-0.05, 0) is 37.6 Å². The topological polar surface area (TPSA) is 94.4 Å². The van der Waals surface area contributed by atoms with E-state index in [4.69, 9.17) is 4.74 Å². The molecule has 1 atom stereocenters. The summed E-state index contributed by atoms with van der Waals surface area (Å²) in [6.07, 6.45) is 3.63. The Morgan fingerprint density at radius 2 is 1.91 bits per heavy atom. The number of ether oxygens (including phenoxy) is 1. The van der Waals surface area contributed by atoms with Crippen molar-refractivity contribution in [1.29, 1.82) is 0 Å². The van der Waals surface area contributed by atoms with Crippen LogP contribution in [0.2, 0.25) is 0 Å². The van der Waals surface area contributed by atoms with Crippen LogP contribution < -0.4 is 5.32 Å². The van der Waals surface area contributed by atoms with Gasteiger partial charge in [-0.2, -0.15) is 0 Å². The number of esters is 1. The van der Waals surface area contributed by atoms with Crippen molar-refractivity contribution in [3.63, 3.8) is 0 Å². The molecule has 0 amide bonds. The van der Waals surface area contributed by atoms with E-state index in [9.17, 15) is 14.9 Å². The zero-order valence-electron chi connectivity index (χ0n) is 19.3. The molecule has 7 heteroatoms. The maximum absolute atomic E-state index is 13.0. The van der Waals surface area contributed by atoms with E-state index < -0.39 is 10.9 Å². The highest BCUT2D eigenvalue weighted by molar-refractivity contribution is 5.92. The van der Waals surface area contributed by atoms with Gasteiger partial charge in [0.1, 0.15) is 0 Å². The van der Waals surface area contributed by atoms with E-state index in [1.807, 2.05) is 56.3 Å². The summed E-state index contributed by atoms with van der Waals surface area (Å²) in [4.78, 5) is 28.2. The second-order valence-electron chi connectivity index (χ2n) is 8.02. The minimum absolute atomic E-state index is 0.00393. The molecule has 1 aliphatic rings. The van der Waals surface area contributed by atoms with Crippen LogP contribution in [0.4, 0.5) is 5.69 Å². The number of carbonyl (C=O) groups is 1. The molecule has 1 N–H and O–H groups in total. The summed E-state index contributed by atoms with van der Waals surface area (Å²) in [6, 6.07) is 19.5. The maximum atomic E-state index is 13.0. The molecule has 1 unspecified atom stereocenters. The number of hydrogen-bond acceptors (Lipinski definition) is 6. The van der Waals surface area contributed by atoms with Crippen LogP contribution in [0.15, 0.2) is 96.0 Å².